The molecule has 0 spiro atoms. The van der Waals surface area contributed by atoms with Gasteiger partial charge in [-0.25, -0.2) is 0 Å². The highest BCUT2D eigenvalue weighted by Crippen LogP contribution is 2.21. The van der Waals surface area contributed by atoms with Crippen molar-refractivity contribution < 1.29 is 9.84 Å². The number of benzene rings is 2. The minimum atomic E-state index is 0.0662. The van der Waals surface area contributed by atoms with Crippen molar-refractivity contribution in [2.75, 3.05) is 6.61 Å². The van der Waals surface area contributed by atoms with E-state index in [-0.39, 0.29) is 6.61 Å². The Morgan fingerprint density at radius 2 is 1.86 bits per heavy atom. The van der Waals surface area contributed by atoms with Gasteiger partial charge in [-0.2, -0.15) is 0 Å². The van der Waals surface area contributed by atoms with Crippen LogP contribution in [0.2, 0.25) is 0 Å². The van der Waals surface area contributed by atoms with Gasteiger partial charge in [0.15, 0.2) is 0 Å². The van der Waals surface area contributed by atoms with E-state index >= 15 is 0 Å². The summed E-state index contributed by atoms with van der Waals surface area (Å²) in [4.78, 5) is 0. The first-order valence-corrected chi connectivity index (χ1v) is 7.63. The molecule has 0 radical (unpaired) electrons. The topological polar surface area (TPSA) is 34.4 Å². The third-order valence-corrected chi connectivity index (χ3v) is 4.02. The van der Waals surface area contributed by atoms with Crippen molar-refractivity contribution in [3.63, 3.8) is 0 Å². The zero-order valence-corrected chi connectivity index (χ0v) is 13.1. The van der Waals surface area contributed by atoms with Crippen molar-refractivity contribution in [1.29, 1.82) is 0 Å². The van der Waals surface area contributed by atoms with Gasteiger partial charge in [-0.3, -0.25) is 0 Å². The monoisotopic (exact) mass is 345 g/mol. The van der Waals surface area contributed by atoms with Crippen LogP contribution in [-0.2, 0) is 13.2 Å². The lowest BCUT2D eigenvalue weighted by molar-refractivity contribution is 0.283. The molecule has 21 heavy (non-hydrogen) atoms. The Kier molecular flexibility index (Phi) is 4.27. The van der Waals surface area contributed by atoms with Crippen molar-refractivity contribution in [3.8, 4) is 5.75 Å². The number of ether oxygens (including phenoxy) is 1. The third kappa shape index (κ3) is 3.12. The van der Waals surface area contributed by atoms with Crippen LogP contribution in [0.3, 0.4) is 0 Å². The molecule has 3 nitrogen and oxygen atoms in total. The number of aliphatic hydroxyl groups excluding tert-OH is 1. The molecule has 1 aromatic heterocycles. The average molecular weight is 346 g/mol. The molecule has 2 aromatic carbocycles. The van der Waals surface area contributed by atoms with E-state index in [2.05, 4.69) is 26.6 Å². The quantitative estimate of drug-likeness (QED) is 0.758. The van der Waals surface area contributed by atoms with Crippen molar-refractivity contribution in [1.82, 2.24) is 4.57 Å². The van der Waals surface area contributed by atoms with Crippen molar-refractivity contribution in [2.24, 2.45) is 0 Å². The van der Waals surface area contributed by atoms with Crippen LogP contribution < -0.4 is 4.74 Å². The Morgan fingerprint density at radius 1 is 1.05 bits per heavy atom. The molecule has 0 bridgehead atoms. The minimum Gasteiger partial charge on any atom is -0.492 e. The molecular formula is C17H16BrNO2. The van der Waals surface area contributed by atoms with Crippen LogP contribution in [0.15, 0.2) is 59.2 Å². The Hall–Kier alpha value is -1.78. The van der Waals surface area contributed by atoms with Crippen molar-refractivity contribution in [3.05, 3.63) is 64.8 Å². The van der Waals surface area contributed by atoms with Gasteiger partial charge in [0.2, 0.25) is 0 Å². The first kappa shape index (κ1) is 14.2. The lowest BCUT2D eigenvalue weighted by Gasteiger charge is -2.09. The molecule has 0 aliphatic carbocycles. The van der Waals surface area contributed by atoms with Gasteiger partial charge in [-0.15, -0.1) is 0 Å². The van der Waals surface area contributed by atoms with Gasteiger partial charge in [-0.05, 0) is 42.0 Å². The summed E-state index contributed by atoms with van der Waals surface area (Å²) in [6.45, 7) is 1.44. The van der Waals surface area contributed by atoms with Crippen LogP contribution in [0.25, 0.3) is 10.9 Å². The third-order valence-electron chi connectivity index (χ3n) is 3.49. The van der Waals surface area contributed by atoms with Gasteiger partial charge in [0, 0.05) is 21.6 Å². The Bertz CT molecular complexity index is 734. The molecule has 108 valence electrons. The summed E-state index contributed by atoms with van der Waals surface area (Å²) in [6.07, 6.45) is 2.04. The highest BCUT2D eigenvalue weighted by Gasteiger charge is 2.04. The summed E-state index contributed by atoms with van der Waals surface area (Å²) in [5.74, 6) is 0.866. The molecule has 3 rings (SSSR count). The maximum atomic E-state index is 9.35. The molecule has 0 fully saturated rings. The summed E-state index contributed by atoms with van der Waals surface area (Å²) in [6, 6.07) is 15.9. The van der Waals surface area contributed by atoms with Crippen molar-refractivity contribution in [2.45, 2.75) is 13.2 Å². The van der Waals surface area contributed by atoms with Crippen LogP contribution >= 0.6 is 15.9 Å². The number of fused-ring (bicyclic) bond motifs is 1. The van der Waals surface area contributed by atoms with E-state index in [9.17, 15) is 5.11 Å². The molecule has 1 N–H and O–H groups in total. The second-order valence-electron chi connectivity index (χ2n) is 4.82. The van der Waals surface area contributed by atoms with Crippen LogP contribution in [0.1, 0.15) is 5.56 Å². The van der Waals surface area contributed by atoms with Crippen LogP contribution in [0, 0.1) is 0 Å². The van der Waals surface area contributed by atoms with E-state index in [4.69, 9.17) is 4.74 Å². The summed E-state index contributed by atoms with van der Waals surface area (Å²) in [7, 11) is 0. The summed E-state index contributed by atoms with van der Waals surface area (Å²) in [5.41, 5.74) is 2.08. The zero-order chi connectivity index (χ0) is 14.7. The van der Waals surface area contributed by atoms with Crippen LogP contribution in [0.5, 0.6) is 5.75 Å². The molecule has 1 heterocycles. The van der Waals surface area contributed by atoms with E-state index in [1.807, 2.05) is 48.7 Å². The van der Waals surface area contributed by atoms with E-state index in [0.717, 1.165) is 33.2 Å². The van der Waals surface area contributed by atoms with Gasteiger partial charge >= 0.3 is 0 Å². The van der Waals surface area contributed by atoms with Gasteiger partial charge in [0.25, 0.3) is 0 Å². The first-order valence-electron chi connectivity index (χ1n) is 6.84. The fraction of sp³-hybridized carbons (Fsp3) is 0.176. The standard InChI is InChI=1S/C17H16BrNO2/c18-14-4-6-15(7-5-14)21-11-10-19-9-8-16-13(12-20)2-1-3-17(16)19/h1-9,20H,10-12H2. The minimum absolute atomic E-state index is 0.0662. The van der Waals surface area contributed by atoms with Gasteiger partial charge < -0.3 is 14.4 Å². The fourth-order valence-corrected chi connectivity index (χ4v) is 2.68. The highest BCUT2D eigenvalue weighted by molar-refractivity contribution is 9.10. The predicted octanol–water partition coefficient (Wildman–Crippen LogP) is 3.98. The SMILES string of the molecule is OCc1cccc2c1ccn2CCOc1ccc(Br)cc1. The molecular weight excluding hydrogens is 330 g/mol. The molecule has 0 unspecified atom stereocenters. The molecule has 0 saturated heterocycles. The fourth-order valence-electron chi connectivity index (χ4n) is 2.41. The van der Waals surface area contributed by atoms with E-state index < -0.39 is 0 Å². The number of halogens is 1. The number of nitrogens with zero attached hydrogens (tertiary/aromatic N) is 1. The van der Waals surface area contributed by atoms with E-state index in [1.54, 1.807) is 0 Å². The normalized spacial score (nSPS) is 11.0. The van der Waals surface area contributed by atoms with Crippen molar-refractivity contribution >= 4 is 26.8 Å². The lowest BCUT2D eigenvalue weighted by Crippen LogP contribution is -2.07. The smallest absolute Gasteiger partial charge is 0.119 e. The second-order valence-corrected chi connectivity index (χ2v) is 5.74. The largest absolute Gasteiger partial charge is 0.492 e. The molecule has 0 amide bonds. The van der Waals surface area contributed by atoms with Crippen LogP contribution in [0.4, 0.5) is 0 Å². The molecule has 0 atom stereocenters. The summed E-state index contributed by atoms with van der Waals surface area (Å²) in [5, 5.41) is 10.5. The Morgan fingerprint density at radius 3 is 2.62 bits per heavy atom. The number of aliphatic hydroxyl groups is 1. The molecule has 4 heteroatoms. The van der Waals surface area contributed by atoms with E-state index in [0.29, 0.717) is 6.61 Å². The number of rotatable bonds is 5. The summed E-state index contributed by atoms with van der Waals surface area (Å²) < 4.78 is 8.94. The summed E-state index contributed by atoms with van der Waals surface area (Å²) >= 11 is 3.41. The first-order chi connectivity index (χ1) is 10.3. The molecule has 0 aliphatic heterocycles. The highest BCUT2D eigenvalue weighted by atomic mass is 79.9. The zero-order valence-electron chi connectivity index (χ0n) is 11.5. The molecule has 0 aliphatic rings. The average Bonchev–Trinajstić information content (AvgIpc) is 2.92. The van der Waals surface area contributed by atoms with Gasteiger partial charge in [-0.1, -0.05) is 28.1 Å². The molecule has 3 aromatic rings. The maximum absolute atomic E-state index is 9.35. The second kappa shape index (κ2) is 6.33. The van der Waals surface area contributed by atoms with E-state index in [1.165, 1.54) is 0 Å². The van der Waals surface area contributed by atoms with Gasteiger partial charge in [0.1, 0.15) is 12.4 Å². The van der Waals surface area contributed by atoms with Gasteiger partial charge in [0.05, 0.1) is 13.2 Å². The lowest BCUT2D eigenvalue weighted by atomic mass is 10.1. The predicted molar refractivity (Wildman–Crippen MR) is 87.5 cm³/mol. The Balaban J connectivity index is 1.69. The molecule has 0 saturated carbocycles. The number of hydrogen-bond donors (Lipinski definition) is 1. The number of aromatic nitrogens is 1. The number of hydrogen-bond acceptors (Lipinski definition) is 2. The Labute approximate surface area is 131 Å². The van der Waals surface area contributed by atoms with Crippen LogP contribution in [-0.4, -0.2) is 16.3 Å². The maximum Gasteiger partial charge on any atom is 0.119 e.